The largest absolute Gasteiger partial charge is 0.495 e. The van der Waals surface area contributed by atoms with Crippen LogP contribution in [0.4, 0.5) is 0 Å². The van der Waals surface area contributed by atoms with E-state index in [1.165, 1.54) is 0 Å². The van der Waals surface area contributed by atoms with Crippen LogP contribution in [0.5, 0.6) is 5.75 Å². The van der Waals surface area contributed by atoms with E-state index in [2.05, 4.69) is 59.2 Å². The van der Waals surface area contributed by atoms with Crippen molar-refractivity contribution in [1.29, 1.82) is 0 Å². The van der Waals surface area contributed by atoms with E-state index < -0.39 is 0 Å². The van der Waals surface area contributed by atoms with Gasteiger partial charge in [0.2, 0.25) is 0 Å². The summed E-state index contributed by atoms with van der Waals surface area (Å²) in [4.78, 5) is 4.26. The SMILES string of the molecule is C=C1Cn2nccc2C(C)(c2cccc(-c3cncc(OC)c3)c2)N1. The number of rotatable bonds is 3. The van der Waals surface area contributed by atoms with Crippen LogP contribution in [0.1, 0.15) is 18.2 Å². The molecule has 126 valence electrons. The van der Waals surface area contributed by atoms with Crippen LogP contribution < -0.4 is 10.1 Å². The van der Waals surface area contributed by atoms with Crippen molar-refractivity contribution in [3.8, 4) is 16.9 Å². The molecule has 4 rings (SSSR count). The van der Waals surface area contributed by atoms with Crippen LogP contribution in [0.2, 0.25) is 0 Å². The number of fused-ring (bicyclic) bond motifs is 1. The lowest BCUT2D eigenvalue weighted by Gasteiger charge is -2.38. The molecule has 25 heavy (non-hydrogen) atoms. The van der Waals surface area contributed by atoms with Gasteiger partial charge >= 0.3 is 0 Å². The summed E-state index contributed by atoms with van der Waals surface area (Å²) in [6.45, 7) is 6.97. The molecule has 0 saturated heterocycles. The highest BCUT2D eigenvalue weighted by Crippen LogP contribution is 2.35. The fourth-order valence-corrected chi connectivity index (χ4v) is 3.44. The summed E-state index contributed by atoms with van der Waals surface area (Å²) in [5.41, 5.74) is 4.96. The van der Waals surface area contributed by atoms with Crippen molar-refractivity contribution >= 4 is 0 Å². The lowest BCUT2D eigenvalue weighted by atomic mass is 9.85. The summed E-state index contributed by atoms with van der Waals surface area (Å²) in [6, 6.07) is 12.5. The Morgan fingerprint density at radius 1 is 1.20 bits per heavy atom. The summed E-state index contributed by atoms with van der Waals surface area (Å²) in [7, 11) is 1.65. The van der Waals surface area contributed by atoms with E-state index in [4.69, 9.17) is 4.74 Å². The summed E-state index contributed by atoms with van der Waals surface area (Å²) < 4.78 is 7.29. The van der Waals surface area contributed by atoms with Crippen LogP contribution in [0, 0.1) is 0 Å². The van der Waals surface area contributed by atoms with E-state index in [9.17, 15) is 0 Å². The molecule has 0 spiro atoms. The fraction of sp³-hybridized carbons (Fsp3) is 0.200. The van der Waals surface area contributed by atoms with Crippen LogP contribution >= 0.6 is 0 Å². The maximum atomic E-state index is 5.29. The minimum absolute atomic E-state index is 0.381. The number of ether oxygens (including phenoxy) is 1. The molecule has 1 aliphatic rings. The molecule has 5 heteroatoms. The first-order valence-corrected chi connectivity index (χ1v) is 8.18. The quantitative estimate of drug-likeness (QED) is 0.799. The third-order valence-electron chi connectivity index (χ3n) is 4.72. The van der Waals surface area contributed by atoms with E-state index in [1.54, 1.807) is 13.3 Å². The van der Waals surface area contributed by atoms with Gasteiger partial charge in [0.1, 0.15) is 11.3 Å². The zero-order valence-electron chi connectivity index (χ0n) is 14.4. The van der Waals surface area contributed by atoms with Crippen molar-refractivity contribution in [2.45, 2.75) is 19.0 Å². The van der Waals surface area contributed by atoms with E-state index in [0.29, 0.717) is 6.54 Å². The third-order valence-corrected chi connectivity index (χ3v) is 4.72. The van der Waals surface area contributed by atoms with Crippen LogP contribution in [-0.2, 0) is 12.1 Å². The Hall–Kier alpha value is -3.08. The second-order valence-electron chi connectivity index (χ2n) is 6.42. The number of nitrogens with zero attached hydrogens (tertiary/aromatic N) is 3. The number of methoxy groups -OCH3 is 1. The number of nitrogens with one attached hydrogen (secondary N) is 1. The normalized spacial score (nSPS) is 19.2. The average Bonchev–Trinajstić information content (AvgIpc) is 3.11. The van der Waals surface area contributed by atoms with Gasteiger partial charge < -0.3 is 10.1 Å². The number of hydrogen-bond donors (Lipinski definition) is 1. The van der Waals surface area contributed by atoms with Gasteiger partial charge in [-0.25, -0.2) is 0 Å². The van der Waals surface area contributed by atoms with Gasteiger partial charge in [0.05, 0.1) is 25.5 Å². The molecular formula is C20H20N4O. The fourth-order valence-electron chi connectivity index (χ4n) is 3.44. The molecule has 1 unspecified atom stereocenters. The van der Waals surface area contributed by atoms with Crippen molar-refractivity contribution in [2.24, 2.45) is 0 Å². The lowest BCUT2D eigenvalue weighted by Crippen LogP contribution is -2.46. The maximum absolute atomic E-state index is 5.29. The number of aromatic nitrogens is 3. The van der Waals surface area contributed by atoms with Crippen molar-refractivity contribution in [3.63, 3.8) is 0 Å². The van der Waals surface area contributed by atoms with E-state index in [1.807, 2.05) is 23.1 Å². The first-order chi connectivity index (χ1) is 12.1. The van der Waals surface area contributed by atoms with Gasteiger partial charge in [0.25, 0.3) is 0 Å². The zero-order chi connectivity index (χ0) is 17.4. The Morgan fingerprint density at radius 3 is 2.92 bits per heavy atom. The van der Waals surface area contributed by atoms with Gasteiger partial charge in [-0.3, -0.25) is 9.67 Å². The average molecular weight is 332 g/mol. The molecule has 1 aliphatic heterocycles. The second kappa shape index (κ2) is 5.77. The van der Waals surface area contributed by atoms with Gasteiger partial charge in [-0.05, 0) is 36.2 Å². The monoisotopic (exact) mass is 332 g/mol. The van der Waals surface area contributed by atoms with Crippen LogP contribution in [-0.4, -0.2) is 21.9 Å². The molecule has 0 aliphatic carbocycles. The van der Waals surface area contributed by atoms with E-state index in [-0.39, 0.29) is 5.54 Å². The minimum atomic E-state index is -0.381. The van der Waals surface area contributed by atoms with E-state index >= 15 is 0 Å². The number of hydrogen-bond acceptors (Lipinski definition) is 4. The summed E-state index contributed by atoms with van der Waals surface area (Å²) in [6.07, 6.45) is 5.39. The Balaban J connectivity index is 1.81. The highest BCUT2D eigenvalue weighted by Gasteiger charge is 2.35. The van der Waals surface area contributed by atoms with E-state index in [0.717, 1.165) is 33.8 Å². The molecule has 5 nitrogen and oxygen atoms in total. The van der Waals surface area contributed by atoms with Gasteiger partial charge in [-0.2, -0.15) is 5.10 Å². The summed E-state index contributed by atoms with van der Waals surface area (Å²) in [5.74, 6) is 0.747. The number of benzene rings is 1. The van der Waals surface area contributed by atoms with Crippen molar-refractivity contribution in [2.75, 3.05) is 7.11 Å². The Labute approximate surface area is 147 Å². The molecule has 3 heterocycles. The molecule has 0 amide bonds. The Bertz CT molecular complexity index is 946. The van der Waals surface area contributed by atoms with Crippen molar-refractivity contribution in [3.05, 3.63) is 78.5 Å². The summed E-state index contributed by atoms with van der Waals surface area (Å²) >= 11 is 0. The summed E-state index contributed by atoms with van der Waals surface area (Å²) in [5, 5.41) is 7.98. The molecule has 0 radical (unpaired) electrons. The zero-order valence-corrected chi connectivity index (χ0v) is 14.4. The number of pyridine rings is 1. The highest BCUT2D eigenvalue weighted by molar-refractivity contribution is 5.65. The highest BCUT2D eigenvalue weighted by atomic mass is 16.5. The lowest BCUT2D eigenvalue weighted by molar-refractivity contribution is 0.382. The van der Waals surface area contributed by atoms with Crippen LogP contribution in [0.3, 0.4) is 0 Å². The number of allylic oxidation sites excluding steroid dienone is 1. The van der Waals surface area contributed by atoms with Gasteiger partial charge in [-0.15, -0.1) is 0 Å². The molecule has 1 aromatic carbocycles. The Kier molecular flexibility index (Phi) is 3.57. The molecule has 0 fully saturated rings. The van der Waals surface area contributed by atoms with Gasteiger partial charge in [-0.1, -0.05) is 24.8 Å². The molecule has 2 aromatic heterocycles. The van der Waals surface area contributed by atoms with Gasteiger partial charge in [0, 0.05) is 23.7 Å². The predicted molar refractivity (Wildman–Crippen MR) is 97.2 cm³/mol. The molecule has 1 atom stereocenters. The molecule has 1 N–H and O–H groups in total. The van der Waals surface area contributed by atoms with Crippen molar-refractivity contribution < 1.29 is 4.74 Å². The molecule has 0 bridgehead atoms. The smallest absolute Gasteiger partial charge is 0.137 e. The van der Waals surface area contributed by atoms with Crippen LogP contribution in [0.25, 0.3) is 11.1 Å². The van der Waals surface area contributed by atoms with Crippen molar-refractivity contribution in [1.82, 2.24) is 20.1 Å². The maximum Gasteiger partial charge on any atom is 0.137 e. The topological polar surface area (TPSA) is 52.0 Å². The second-order valence-corrected chi connectivity index (χ2v) is 6.42. The standard InChI is InChI=1S/C20H20N4O/c1-14-13-24-19(7-8-22-24)20(2,23-14)17-6-4-5-15(9-17)16-10-18(25-3)12-21-11-16/h4-12,23H,1,13H2,2-3H3. The molecular weight excluding hydrogens is 312 g/mol. The molecule has 0 saturated carbocycles. The first kappa shape index (κ1) is 15.4. The Morgan fingerprint density at radius 2 is 2.08 bits per heavy atom. The van der Waals surface area contributed by atoms with Gasteiger partial charge in [0.15, 0.2) is 0 Å². The van der Waals surface area contributed by atoms with Crippen LogP contribution in [0.15, 0.2) is 67.3 Å². The third kappa shape index (κ3) is 2.58. The predicted octanol–water partition coefficient (Wildman–Crippen LogP) is 3.33. The minimum Gasteiger partial charge on any atom is -0.495 e. The molecule has 3 aromatic rings. The first-order valence-electron chi connectivity index (χ1n) is 8.18.